The first-order chi connectivity index (χ1) is 12.7. The fraction of sp³-hybridized carbons (Fsp3) is 0.450. The number of aromatic nitrogens is 1. The van der Waals surface area contributed by atoms with Crippen molar-refractivity contribution in [3.63, 3.8) is 0 Å². The van der Waals surface area contributed by atoms with Crippen LogP contribution >= 0.6 is 0 Å². The van der Waals surface area contributed by atoms with Gasteiger partial charge in [-0.2, -0.15) is 0 Å². The Morgan fingerprint density at radius 2 is 1.73 bits per heavy atom. The SMILES string of the molecule is O=C1C2CN(Cc3ccc4ccccc4n3)CCN2C(=O)C2CCCN12. The lowest BCUT2D eigenvalue weighted by molar-refractivity contribution is -0.163. The minimum absolute atomic E-state index is 0.128. The fourth-order valence-corrected chi connectivity index (χ4v) is 4.55. The van der Waals surface area contributed by atoms with E-state index in [9.17, 15) is 9.59 Å². The van der Waals surface area contributed by atoms with E-state index in [4.69, 9.17) is 4.98 Å². The lowest BCUT2D eigenvalue weighted by Gasteiger charge is -2.47. The molecule has 2 amide bonds. The van der Waals surface area contributed by atoms with Gasteiger partial charge in [-0.25, -0.2) is 0 Å². The van der Waals surface area contributed by atoms with Crippen LogP contribution in [0.15, 0.2) is 36.4 Å². The van der Waals surface area contributed by atoms with Crippen LogP contribution in [-0.4, -0.2) is 69.8 Å². The van der Waals surface area contributed by atoms with Crippen LogP contribution < -0.4 is 0 Å². The summed E-state index contributed by atoms with van der Waals surface area (Å²) in [4.78, 5) is 36.2. The number of fused-ring (bicyclic) bond motifs is 3. The van der Waals surface area contributed by atoms with Crippen molar-refractivity contribution in [2.75, 3.05) is 26.2 Å². The van der Waals surface area contributed by atoms with Crippen molar-refractivity contribution in [3.8, 4) is 0 Å². The van der Waals surface area contributed by atoms with Gasteiger partial charge >= 0.3 is 0 Å². The minimum atomic E-state index is -0.328. The molecule has 2 aromatic rings. The van der Waals surface area contributed by atoms with Crippen LogP contribution in [0, 0.1) is 0 Å². The molecule has 0 radical (unpaired) electrons. The second-order valence-electron chi connectivity index (χ2n) is 7.47. The Morgan fingerprint density at radius 3 is 2.65 bits per heavy atom. The number of rotatable bonds is 2. The molecule has 6 heteroatoms. The van der Waals surface area contributed by atoms with Gasteiger partial charge in [0.2, 0.25) is 11.8 Å². The smallest absolute Gasteiger partial charge is 0.247 e. The van der Waals surface area contributed by atoms with Gasteiger partial charge in [0.05, 0.1) is 11.2 Å². The Labute approximate surface area is 152 Å². The van der Waals surface area contributed by atoms with Gasteiger partial charge in [0.1, 0.15) is 12.1 Å². The van der Waals surface area contributed by atoms with E-state index in [1.165, 1.54) is 0 Å². The Hall–Kier alpha value is -2.47. The van der Waals surface area contributed by atoms with E-state index >= 15 is 0 Å². The lowest BCUT2D eigenvalue weighted by atomic mass is 10.0. The van der Waals surface area contributed by atoms with Gasteiger partial charge < -0.3 is 9.80 Å². The van der Waals surface area contributed by atoms with Gasteiger partial charge in [-0.05, 0) is 25.0 Å². The molecule has 3 saturated heterocycles. The summed E-state index contributed by atoms with van der Waals surface area (Å²) in [7, 11) is 0. The molecule has 0 spiro atoms. The molecule has 4 heterocycles. The predicted molar refractivity (Wildman–Crippen MR) is 97.3 cm³/mol. The quantitative estimate of drug-likeness (QED) is 0.818. The van der Waals surface area contributed by atoms with Gasteiger partial charge in [0, 0.05) is 38.1 Å². The molecule has 134 valence electrons. The van der Waals surface area contributed by atoms with Gasteiger partial charge in [-0.1, -0.05) is 24.3 Å². The van der Waals surface area contributed by atoms with Crippen LogP contribution in [0.2, 0.25) is 0 Å². The molecule has 2 unspecified atom stereocenters. The summed E-state index contributed by atoms with van der Waals surface area (Å²) < 4.78 is 0. The number of hydrogen-bond acceptors (Lipinski definition) is 4. The average Bonchev–Trinajstić information content (AvgIpc) is 3.16. The van der Waals surface area contributed by atoms with Crippen LogP contribution in [0.1, 0.15) is 18.5 Å². The standard InChI is InChI=1S/C20H22N4O2/c25-19-17-6-3-9-23(17)20(26)18-13-22(10-11-24(18)19)12-15-8-7-14-4-1-2-5-16(14)21-15/h1-2,4-5,7-8,17-18H,3,6,9-13H2. The molecular weight excluding hydrogens is 328 g/mol. The molecule has 3 fully saturated rings. The topological polar surface area (TPSA) is 56.8 Å². The number of benzene rings is 1. The zero-order valence-electron chi connectivity index (χ0n) is 14.7. The second kappa shape index (κ2) is 6.06. The Morgan fingerprint density at radius 1 is 0.923 bits per heavy atom. The summed E-state index contributed by atoms with van der Waals surface area (Å²) in [6.45, 7) is 3.46. The minimum Gasteiger partial charge on any atom is -0.329 e. The molecule has 5 rings (SSSR count). The summed E-state index contributed by atoms with van der Waals surface area (Å²) in [5, 5.41) is 1.13. The largest absolute Gasteiger partial charge is 0.329 e. The van der Waals surface area contributed by atoms with Gasteiger partial charge in [0.25, 0.3) is 0 Å². The van der Waals surface area contributed by atoms with Gasteiger partial charge in [-0.15, -0.1) is 0 Å². The maximum Gasteiger partial charge on any atom is 0.247 e. The fourth-order valence-electron chi connectivity index (χ4n) is 4.55. The molecule has 6 nitrogen and oxygen atoms in total. The van der Waals surface area contributed by atoms with Crippen molar-refractivity contribution in [2.24, 2.45) is 0 Å². The number of piperazine rings is 2. The third-order valence-corrected chi connectivity index (χ3v) is 5.90. The molecule has 2 atom stereocenters. The monoisotopic (exact) mass is 350 g/mol. The first kappa shape index (κ1) is 15.8. The van der Waals surface area contributed by atoms with Crippen molar-refractivity contribution in [1.29, 1.82) is 0 Å². The highest BCUT2D eigenvalue weighted by molar-refractivity contribution is 5.97. The van der Waals surface area contributed by atoms with Crippen molar-refractivity contribution < 1.29 is 9.59 Å². The number of pyridine rings is 1. The van der Waals surface area contributed by atoms with Crippen LogP contribution in [0.5, 0.6) is 0 Å². The van der Waals surface area contributed by atoms with Crippen molar-refractivity contribution in [3.05, 3.63) is 42.1 Å². The summed E-state index contributed by atoms with van der Waals surface area (Å²) in [5.41, 5.74) is 2.00. The van der Waals surface area contributed by atoms with Gasteiger partial charge in [-0.3, -0.25) is 19.5 Å². The normalized spacial score (nSPS) is 26.3. The molecule has 0 aliphatic carbocycles. The second-order valence-corrected chi connectivity index (χ2v) is 7.47. The highest BCUT2D eigenvalue weighted by Gasteiger charge is 2.49. The van der Waals surface area contributed by atoms with E-state index in [2.05, 4.69) is 23.1 Å². The van der Waals surface area contributed by atoms with Crippen LogP contribution in [0.4, 0.5) is 0 Å². The summed E-state index contributed by atoms with van der Waals surface area (Å²) in [5.74, 6) is 0.277. The van der Waals surface area contributed by atoms with E-state index in [1.54, 1.807) is 4.90 Å². The molecule has 0 N–H and O–H groups in total. The maximum atomic E-state index is 12.8. The molecule has 1 aromatic carbocycles. The number of amides is 2. The lowest BCUT2D eigenvalue weighted by Crippen LogP contribution is -2.68. The Balaban J connectivity index is 1.34. The number of para-hydroxylation sites is 1. The molecule has 3 aliphatic heterocycles. The molecule has 3 aliphatic rings. The first-order valence-corrected chi connectivity index (χ1v) is 9.39. The zero-order valence-corrected chi connectivity index (χ0v) is 14.7. The third-order valence-electron chi connectivity index (χ3n) is 5.90. The van der Waals surface area contributed by atoms with E-state index in [0.717, 1.165) is 42.5 Å². The van der Waals surface area contributed by atoms with E-state index < -0.39 is 0 Å². The average molecular weight is 350 g/mol. The zero-order chi connectivity index (χ0) is 17.7. The van der Waals surface area contributed by atoms with Crippen LogP contribution in [0.25, 0.3) is 10.9 Å². The Kier molecular flexibility index (Phi) is 3.67. The number of carbonyl (C=O) groups is 2. The summed E-state index contributed by atoms with van der Waals surface area (Å²) in [6, 6.07) is 11.7. The summed E-state index contributed by atoms with van der Waals surface area (Å²) in [6.07, 6.45) is 1.76. The van der Waals surface area contributed by atoms with Crippen molar-refractivity contribution in [2.45, 2.75) is 31.5 Å². The molecular formula is C20H22N4O2. The predicted octanol–water partition coefficient (Wildman–Crippen LogP) is 1.25. The van der Waals surface area contributed by atoms with E-state index in [-0.39, 0.29) is 23.9 Å². The third kappa shape index (κ3) is 2.48. The Bertz CT molecular complexity index is 883. The highest BCUT2D eigenvalue weighted by Crippen LogP contribution is 2.29. The van der Waals surface area contributed by atoms with Crippen LogP contribution in [-0.2, 0) is 16.1 Å². The summed E-state index contributed by atoms with van der Waals surface area (Å²) >= 11 is 0. The van der Waals surface area contributed by atoms with E-state index in [1.807, 2.05) is 23.1 Å². The number of nitrogens with zero attached hydrogens (tertiary/aromatic N) is 4. The highest BCUT2D eigenvalue weighted by atomic mass is 16.2. The van der Waals surface area contributed by atoms with Crippen molar-refractivity contribution in [1.82, 2.24) is 19.7 Å². The molecule has 0 bridgehead atoms. The van der Waals surface area contributed by atoms with E-state index in [0.29, 0.717) is 19.6 Å². The maximum absolute atomic E-state index is 12.8. The van der Waals surface area contributed by atoms with Crippen molar-refractivity contribution >= 4 is 22.7 Å². The van der Waals surface area contributed by atoms with Crippen LogP contribution in [0.3, 0.4) is 0 Å². The molecule has 0 saturated carbocycles. The molecule has 26 heavy (non-hydrogen) atoms. The number of carbonyl (C=O) groups excluding carboxylic acids is 2. The van der Waals surface area contributed by atoms with Gasteiger partial charge in [0.15, 0.2) is 0 Å². The number of hydrogen-bond donors (Lipinski definition) is 0. The first-order valence-electron chi connectivity index (χ1n) is 9.39. The molecule has 1 aromatic heterocycles.